The average molecular weight is 192 g/mol. The van der Waals surface area contributed by atoms with Crippen molar-refractivity contribution >= 4 is 0 Å². The minimum absolute atomic E-state index is 0.313. The third-order valence-corrected chi connectivity index (χ3v) is 2.59. The molecule has 1 nitrogen and oxygen atoms in total. The van der Waals surface area contributed by atoms with Gasteiger partial charge < -0.3 is 5.11 Å². The first-order chi connectivity index (χ1) is 6.72. The maximum atomic E-state index is 8.87. The van der Waals surface area contributed by atoms with Crippen LogP contribution in [0.5, 0.6) is 0 Å². The van der Waals surface area contributed by atoms with Crippen molar-refractivity contribution in [2.45, 2.75) is 33.1 Å². The second kappa shape index (κ2) is 5.82. The van der Waals surface area contributed by atoms with Crippen LogP contribution in [0.1, 0.15) is 30.9 Å². The normalized spacial score (nSPS) is 12.8. The van der Waals surface area contributed by atoms with Gasteiger partial charge in [-0.05, 0) is 37.7 Å². The standard InChI is InChI=1S/C13H20O/c1-11-6-8-13(9-7-11)5-3-4-12(2)10-14/h6-9,12,14H,3-5,10H2,1-2H3. The highest BCUT2D eigenvalue weighted by molar-refractivity contribution is 5.21. The van der Waals surface area contributed by atoms with Crippen molar-refractivity contribution in [1.29, 1.82) is 0 Å². The molecular formula is C13H20O. The summed E-state index contributed by atoms with van der Waals surface area (Å²) in [6, 6.07) is 8.70. The minimum atomic E-state index is 0.313. The van der Waals surface area contributed by atoms with E-state index in [1.807, 2.05) is 0 Å². The average Bonchev–Trinajstić information content (AvgIpc) is 2.21. The van der Waals surface area contributed by atoms with Crippen LogP contribution in [0.4, 0.5) is 0 Å². The number of hydrogen-bond donors (Lipinski definition) is 1. The molecule has 1 aromatic carbocycles. The van der Waals surface area contributed by atoms with Gasteiger partial charge in [-0.1, -0.05) is 36.8 Å². The molecule has 1 rings (SSSR count). The molecule has 0 aliphatic rings. The third-order valence-electron chi connectivity index (χ3n) is 2.59. The van der Waals surface area contributed by atoms with Gasteiger partial charge in [0.15, 0.2) is 0 Å². The van der Waals surface area contributed by atoms with E-state index in [1.54, 1.807) is 0 Å². The first-order valence-electron chi connectivity index (χ1n) is 5.38. The van der Waals surface area contributed by atoms with Gasteiger partial charge in [-0.25, -0.2) is 0 Å². The van der Waals surface area contributed by atoms with Gasteiger partial charge in [0.2, 0.25) is 0 Å². The Morgan fingerprint density at radius 1 is 1.21 bits per heavy atom. The van der Waals surface area contributed by atoms with Crippen molar-refractivity contribution < 1.29 is 5.11 Å². The lowest BCUT2D eigenvalue weighted by molar-refractivity contribution is 0.228. The van der Waals surface area contributed by atoms with Crippen LogP contribution in [-0.4, -0.2) is 11.7 Å². The van der Waals surface area contributed by atoms with E-state index in [4.69, 9.17) is 5.11 Å². The summed E-state index contributed by atoms with van der Waals surface area (Å²) in [4.78, 5) is 0. The molecule has 1 unspecified atom stereocenters. The molecule has 1 atom stereocenters. The van der Waals surface area contributed by atoms with E-state index >= 15 is 0 Å². The fourth-order valence-corrected chi connectivity index (χ4v) is 1.50. The lowest BCUT2D eigenvalue weighted by atomic mass is 10.0. The molecule has 0 heterocycles. The van der Waals surface area contributed by atoms with E-state index in [9.17, 15) is 0 Å². The zero-order valence-corrected chi connectivity index (χ0v) is 9.16. The highest BCUT2D eigenvalue weighted by Gasteiger charge is 1.99. The van der Waals surface area contributed by atoms with Gasteiger partial charge in [0.25, 0.3) is 0 Å². The van der Waals surface area contributed by atoms with Crippen LogP contribution in [0.3, 0.4) is 0 Å². The lowest BCUT2D eigenvalue weighted by Gasteiger charge is -2.07. The molecule has 0 spiro atoms. The Hall–Kier alpha value is -0.820. The van der Waals surface area contributed by atoms with Crippen LogP contribution in [0, 0.1) is 12.8 Å². The number of aliphatic hydroxyl groups is 1. The zero-order chi connectivity index (χ0) is 10.4. The molecule has 0 aliphatic carbocycles. The molecule has 0 saturated carbocycles. The topological polar surface area (TPSA) is 20.2 Å². The molecule has 1 N–H and O–H groups in total. The summed E-state index contributed by atoms with van der Waals surface area (Å²) in [5, 5.41) is 8.87. The fourth-order valence-electron chi connectivity index (χ4n) is 1.50. The van der Waals surface area contributed by atoms with Crippen LogP contribution < -0.4 is 0 Å². The van der Waals surface area contributed by atoms with E-state index in [0.717, 1.165) is 12.8 Å². The van der Waals surface area contributed by atoms with Gasteiger partial charge in [-0.3, -0.25) is 0 Å². The molecule has 78 valence electrons. The molecule has 1 aromatic rings. The number of aliphatic hydroxyl groups excluding tert-OH is 1. The highest BCUT2D eigenvalue weighted by atomic mass is 16.3. The summed E-state index contributed by atoms with van der Waals surface area (Å²) >= 11 is 0. The van der Waals surface area contributed by atoms with E-state index in [0.29, 0.717) is 12.5 Å². The van der Waals surface area contributed by atoms with Crippen molar-refractivity contribution in [2.75, 3.05) is 6.61 Å². The Bertz CT molecular complexity index is 250. The molecule has 0 amide bonds. The molecule has 0 aromatic heterocycles. The number of hydrogen-bond acceptors (Lipinski definition) is 1. The first kappa shape index (κ1) is 11.3. The van der Waals surface area contributed by atoms with E-state index in [2.05, 4.69) is 38.1 Å². The summed E-state index contributed by atoms with van der Waals surface area (Å²) in [6.45, 7) is 4.51. The summed E-state index contributed by atoms with van der Waals surface area (Å²) in [5.41, 5.74) is 2.72. The maximum Gasteiger partial charge on any atom is 0.0456 e. The molecule has 0 radical (unpaired) electrons. The minimum Gasteiger partial charge on any atom is -0.396 e. The number of aryl methyl sites for hydroxylation is 2. The summed E-state index contributed by atoms with van der Waals surface area (Å²) in [6.07, 6.45) is 3.42. The van der Waals surface area contributed by atoms with Crippen molar-refractivity contribution in [2.24, 2.45) is 5.92 Å². The molecule has 0 fully saturated rings. The molecule has 14 heavy (non-hydrogen) atoms. The Kier molecular flexibility index (Phi) is 4.68. The summed E-state index contributed by atoms with van der Waals surface area (Å²) in [5.74, 6) is 0.445. The maximum absolute atomic E-state index is 8.87. The Balaban J connectivity index is 2.28. The van der Waals surface area contributed by atoms with Crippen molar-refractivity contribution in [3.63, 3.8) is 0 Å². The van der Waals surface area contributed by atoms with Gasteiger partial charge in [-0.2, -0.15) is 0 Å². The number of rotatable bonds is 5. The van der Waals surface area contributed by atoms with Crippen LogP contribution in [0.2, 0.25) is 0 Å². The third kappa shape index (κ3) is 3.93. The fraction of sp³-hybridized carbons (Fsp3) is 0.538. The van der Waals surface area contributed by atoms with Crippen molar-refractivity contribution in [3.8, 4) is 0 Å². The van der Waals surface area contributed by atoms with E-state index < -0.39 is 0 Å². The second-order valence-electron chi connectivity index (χ2n) is 4.17. The Labute approximate surface area is 86.8 Å². The number of benzene rings is 1. The molecule has 0 saturated heterocycles. The zero-order valence-electron chi connectivity index (χ0n) is 9.16. The first-order valence-corrected chi connectivity index (χ1v) is 5.38. The molecule has 0 aliphatic heterocycles. The predicted octanol–water partition coefficient (Wildman–Crippen LogP) is 2.95. The molecule has 1 heteroatoms. The van der Waals surface area contributed by atoms with Crippen molar-refractivity contribution in [3.05, 3.63) is 35.4 Å². The van der Waals surface area contributed by atoms with E-state index in [-0.39, 0.29) is 0 Å². The highest BCUT2D eigenvalue weighted by Crippen LogP contribution is 2.10. The molecular weight excluding hydrogens is 172 g/mol. The molecule has 0 bridgehead atoms. The van der Waals surface area contributed by atoms with Crippen molar-refractivity contribution in [1.82, 2.24) is 0 Å². The Morgan fingerprint density at radius 2 is 1.86 bits per heavy atom. The van der Waals surface area contributed by atoms with Crippen LogP contribution in [0.25, 0.3) is 0 Å². The summed E-state index contributed by atoms with van der Waals surface area (Å²) < 4.78 is 0. The van der Waals surface area contributed by atoms with Crippen LogP contribution in [-0.2, 0) is 6.42 Å². The SMILES string of the molecule is Cc1ccc(CCCC(C)CO)cc1. The van der Waals surface area contributed by atoms with Crippen LogP contribution >= 0.6 is 0 Å². The quantitative estimate of drug-likeness (QED) is 0.760. The van der Waals surface area contributed by atoms with Gasteiger partial charge in [0.05, 0.1) is 0 Å². The predicted molar refractivity (Wildman–Crippen MR) is 60.4 cm³/mol. The monoisotopic (exact) mass is 192 g/mol. The summed E-state index contributed by atoms with van der Waals surface area (Å²) in [7, 11) is 0. The lowest BCUT2D eigenvalue weighted by Crippen LogP contribution is -2.00. The van der Waals surface area contributed by atoms with Gasteiger partial charge >= 0.3 is 0 Å². The van der Waals surface area contributed by atoms with E-state index in [1.165, 1.54) is 17.5 Å². The largest absolute Gasteiger partial charge is 0.396 e. The van der Waals surface area contributed by atoms with Gasteiger partial charge in [0.1, 0.15) is 0 Å². The van der Waals surface area contributed by atoms with Gasteiger partial charge in [0, 0.05) is 6.61 Å². The van der Waals surface area contributed by atoms with Crippen LogP contribution in [0.15, 0.2) is 24.3 Å². The smallest absolute Gasteiger partial charge is 0.0456 e. The van der Waals surface area contributed by atoms with Gasteiger partial charge in [-0.15, -0.1) is 0 Å². The second-order valence-corrected chi connectivity index (χ2v) is 4.17. The Morgan fingerprint density at radius 3 is 2.43 bits per heavy atom.